The van der Waals surface area contributed by atoms with Gasteiger partial charge in [-0.15, -0.1) is 0 Å². The second-order valence-corrected chi connectivity index (χ2v) is 3.82. The molecule has 1 aromatic carbocycles. The van der Waals surface area contributed by atoms with E-state index >= 15 is 0 Å². The number of halogens is 1. The summed E-state index contributed by atoms with van der Waals surface area (Å²) in [6, 6.07) is 7.89. The van der Waals surface area contributed by atoms with Gasteiger partial charge in [-0.3, -0.25) is 0 Å². The number of nitriles is 1. The molecule has 0 aromatic heterocycles. The SMILES string of the molecule is CC(C)c1c(Br)cccc1C#N. The Morgan fingerprint density at radius 2 is 2.08 bits per heavy atom. The summed E-state index contributed by atoms with van der Waals surface area (Å²) in [5, 5.41) is 8.82. The van der Waals surface area contributed by atoms with E-state index in [1.54, 1.807) is 0 Å². The minimum atomic E-state index is 0.384. The highest BCUT2D eigenvalue weighted by Crippen LogP contribution is 2.27. The molecule has 0 saturated heterocycles. The van der Waals surface area contributed by atoms with Gasteiger partial charge >= 0.3 is 0 Å². The Balaban J connectivity index is 3.32. The van der Waals surface area contributed by atoms with Crippen LogP contribution in [0.15, 0.2) is 22.7 Å². The van der Waals surface area contributed by atoms with Crippen LogP contribution in [0.25, 0.3) is 0 Å². The van der Waals surface area contributed by atoms with Gasteiger partial charge in [-0.05, 0) is 23.6 Å². The van der Waals surface area contributed by atoms with Crippen LogP contribution in [0.2, 0.25) is 0 Å². The van der Waals surface area contributed by atoms with Crippen molar-refractivity contribution in [2.45, 2.75) is 19.8 Å². The first-order valence-electron chi connectivity index (χ1n) is 3.85. The zero-order valence-electron chi connectivity index (χ0n) is 7.13. The Morgan fingerprint density at radius 3 is 2.50 bits per heavy atom. The Morgan fingerprint density at radius 1 is 1.42 bits per heavy atom. The van der Waals surface area contributed by atoms with Crippen LogP contribution in [0, 0.1) is 11.3 Å². The average Bonchev–Trinajstić information content (AvgIpc) is 2.03. The smallest absolute Gasteiger partial charge is 0.0995 e. The Labute approximate surface area is 81.2 Å². The first-order chi connectivity index (χ1) is 5.66. The molecule has 1 rings (SSSR count). The third-order valence-electron chi connectivity index (χ3n) is 1.75. The molecule has 0 aliphatic carbocycles. The number of nitrogens with zero attached hydrogens (tertiary/aromatic N) is 1. The van der Waals surface area contributed by atoms with E-state index in [0.717, 1.165) is 15.6 Å². The Bertz CT molecular complexity index is 323. The molecule has 12 heavy (non-hydrogen) atoms. The van der Waals surface area contributed by atoms with Crippen LogP contribution in [0.3, 0.4) is 0 Å². The van der Waals surface area contributed by atoms with E-state index in [4.69, 9.17) is 5.26 Å². The summed E-state index contributed by atoms with van der Waals surface area (Å²) in [4.78, 5) is 0. The molecule has 0 fully saturated rings. The van der Waals surface area contributed by atoms with E-state index in [1.807, 2.05) is 18.2 Å². The standard InChI is InChI=1S/C10H10BrN/c1-7(2)10-8(6-12)4-3-5-9(10)11/h3-5,7H,1-2H3. The molecule has 0 bridgehead atoms. The first kappa shape index (κ1) is 9.28. The fraction of sp³-hybridized carbons (Fsp3) is 0.300. The van der Waals surface area contributed by atoms with Crippen LogP contribution < -0.4 is 0 Å². The first-order valence-corrected chi connectivity index (χ1v) is 4.64. The lowest BCUT2D eigenvalue weighted by molar-refractivity contribution is 0.856. The van der Waals surface area contributed by atoms with Crippen molar-refractivity contribution in [2.75, 3.05) is 0 Å². The average molecular weight is 224 g/mol. The monoisotopic (exact) mass is 223 g/mol. The molecular formula is C10H10BrN. The highest BCUT2D eigenvalue weighted by molar-refractivity contribution is 9.10. The quantitative estimate of drug-likeness (QED) is 0.716. The van der Waals surface area contributed by atoms with Crippen molar-refractivity contribution in [2.24, 2.45) is 0 Å². The lowest BCUT2D eigenvalue weighted by atomic mass is 9.98. The molecule has 0 unspecified atom stereocenters. The molecule has 0 N–H and O–H groups in total. The lowest BCUT2D eigenvalue weighted by Crippen LogP contribution is -1.93. The molecule has 0 amide bonds. The van der Waals surface area contributed by atoms with Gasteiger partial charge in [0.15, 0.2) is 0 Å². The van der Waals surface area contributed by atoms with Gasteiger partial charge in [0.25, 0.3) is 0 Å². The number of hydrogen-bond acceptors (Lipinski definition) is 1. The molecule has 1 nitrogen and oxygen atoms in total. The van der Waals surface area contributed by atoms with Gasteiger partial charge in [0.2, 0.25) is 0 Å². The normalized spacial score (nSPS) is 9.92. The summed E-state index contributed by atoms with van der Waals surface area (Å²) in [5.74, 6) is 0.384. The fourth-order valence-corrected chi connectivity index (χ4v) is 2.05. The predicted molar refractivity (Wildman–Crippen MR) is 52.9 cm³/mol. The lowest BCUT2D eigenvalue weighted by Gasteiger charge is -2.09. The summed E-state index contributed by atoms with van der Waals surface area (Å²) in [5.41, 5.74) is 1.86. The van der Waals surface area contributed by atoms with E-state index in [1.165, 1.54) is 0 Å². The van der Waals surface area contributed by atoms with Gasteiger partial charge in [0, 0.05) is 4.47 Å². The Kier molecular flexibility index (Phi) is 2.88. The second-order valence-electron chi connectivity index (χ2n) is 2.97. The van der Waals surface area contributed by atoms with Gasteiger partial charge in [-0.2, -0.15) is 5.26 Å². The van der Waals surface area contributed by atoms with Crippen LogP contribution in [0.4, 0.5) is 0 Å². The molecular weight excluding hydrogens is 214 g/mol. The predicted octanol–water partition coefficient (Wildman–Crippen LogP) is 3.44. The largest absolute Gasteiger partial charge is 0.192 e. The third kappa shape index (κ3) is 1.67. The van der Waals surface area contributed by atoms with Gasteiger partial charge in [-0.25, -0.2) is 0 Å². The molecule has 0 saturated carbocycles. The van der Waals surface area contributed by atoms with Crippen LogP contribution in [-0.4, -0.2) is 0 Å². The maximum atomic E-state index is 8.82. The van der Waals surface area contributed by atoms with E-state index in [0.29, 0.717) is 5.92 Å². The molecule has 0 atom stereocenters. The third-order valence-corrected chi connectivity index (χ3v) is 2.44. The maximum absolute atomic E-state index is 8.82. The van der Waals surface area contributed by atoms with Crippen molar-refractivity contribution in [3.63, 3.8) is 0 Å². The highest BCUT2D eigenvalue weighted by atomic mass is 79.9. The van der Waals surface area contributed by atoms with Crippen molar-refractivity contribution >= 4 is 15.9 Å². The van der Waals surface area contributed by atoms with Crippen molar-refractivity contribution < 1.29 is 0 Å². The van der Waals surface area contributed by atoms with Crippen molar-refractivity contribution in [3.8, 4) is 6.07 Å². The molecule has 0 aliphatic rings. The molecule has 0 spiro atoms. The van der Waals surface area contributed by atoms with E-state index in [9.17, 15) is 0 Å². The zero-order valence-corrected chi connectivity index (χ0v) is 8.72. The van der Waals surface area contributed by atoms with Crippen molar-refractivity contribution in [3.05, 3.63) is 33.8 Å². The van der Waals surface area contributed by atoms with E-state index in [-0.39, 0.29) is 0 Å². The molecule has 0 radical (unpaired) electrons. The number of rotatable bonds is 1. The maximum Gasteiger partial charge on any atom is 0.0995 e. The molecule has 0 heterocycles. The fourth-order valence-electron chi connectivity index (χ4n) is 1.22. The summed E-state index contributed by atoms with van der Waals surface area (Å²) >= 11 is 3.44. The van der Waals surface area contributed by atoms with Gasteiger partial charge in [-0.1, -0.05) is 35.8 Å². The van der Waals surface area contributed by atoms with Crippen LogP contribution >= 0.6 is 15.9 Å². The van der Waals surface area contributed by atoms with Crippen LogP contribution in [-0.2, 0) is 0 Å². The summed E-state index contributed by atoms with van der Waals surface area (Å²) < 4.78 is 1.02. The highest BCUT2D eigenvalue weighted by Gasteiger charge is 2.08. The summed E-state index contributed by atoms with van der Waals surface area (Å²) in [6.07, 6.45) is 0. The van der Waals surface area contributed by atoms with Crippen LogP contribution in [0.5, 0.6) is 0 Å². The van der Waals surface area contributed by atoms with E-state index in [2.05, 4.69) is 35.8 Å². The minimum absolute atomic E-state index is 0.384. The molecule has 62 valence electrons. The molecule has 1 aromatic rings. The molecule has 0 aliphatic heterocycles. The van der Waals surface area contributed by atoms with Gasteiger partial charge in [0.05, 0.1) is 11.6 Å². The van der Waals surface area contributed by atoms with Crippen molar-refractivity contribution in [1.82, 2.24) is 0 Å². The number of benzene rings is 1. The van der Waals surface area contributed by atoms with E-state index < -0.39 is 0 Å². The zero-order chi connectivity index (χ0) is 9.14. The van der Waals surface area contributed by atoms with Gasteiger partial charge < -0.3 is 0 Å². The Hall–Kier alpha value is -0.810. The second kappa shape index (κ2) is 3.73. The minimum Gasteiger partial charge on any atom is -0.192 e. The van der Waals surface area contributed by atoms with Crippen LogP contribution in [0.1, 0.15) is 30.9 Å². The molecule has 2 heteroatoms. The topological polar surface area (TPSA) is 23.8 Å². The summed E-state index contributed by atoms with van der Waals surface area (Å²) in [7, 11) is 0. The van der Waals surface area contributed by atoms with Crippen molar-refractivity contribution in [1.29, 1.82) is 5.26 Å². The number of hydrogen-bond donors (Lipinski definition) is 0. The summed E-state index contributed by atoms with van der Waals surface area (Å²) in [6.45, 7) is 4.17. The van der Waals surface area contributed by atoms with Gasteiger partial charge in [0.1, 0.15) is 0 Å².